The van der Waals surface area contributed by atoms with E-state index < -0.39 is 0 Å². The van der Waals surface area contributed by atoms with Gasteiger partial charge < -0.3 is 4.42 Å². The molecule has 0 atom stereocenters. The van der Waals surface area contributed by atoms with Gasteiger partial charge in [0.2, 0.25) is 0 Å². The van der Waals surface area contributed by atoms with Crippen molar-refractivity contribution < 1.29 is 4.42 Å². The Labute approximate surface area is 94.3 Å². The topological polar surface area (TPSA) is 13.1 Å². The summed E-state index contributed by atoms with van der Waals surface area (Å²) < 4.78 is 5.77. The predicted octanol–water partition coefficient (Wildman–Crippen LogP) is 4.02. The number of benzene rings is 2. The Morgan fingerprint density at radius 2 is 1.56 bits per heavy atom. The van der Waals surface area contributed by atoms with Gasteiger partial charge in [0.1, 0.15) is 11.3 Å². The molecule has 2 aromatic carbocycles. The fourth-order valence-electron chi connectivity index (χ4n) is 1.92. The van der Waals surface area contributed by atoms with Crippen molar-refractivity contribution in [3.05, 3.63) is 72.0 Å². The van der Waals surface area contributed by atoms with Crippen molar-refractivity contribution in [3.63, 3.8) is 0 Å². The summed E-state index contributed by atoms with van der Waals surface area (Å²) in [5, 5.41) is 1.17. The van der Waals surface area contributed by atoms with Crippen LogP contribution in [0.25, 0.3) is 11.0 Å². The molecular formula is C15H12O. The van der Waals surface area contributed by atoms with Gasteiger partial charge in [-0.3, -0.25) is 0 Å². The Morgan fingerprint density at radius 3 is 2.38 bits per heavy atom. The molecule has 1 heteroatoms. The van der Waals surface area contributed by atoms with Crippen molar-refractivity contribution >= 4 is 11.0 Å². The van der Waals surface area contributed by atoms with Crippen LogP contribution in [0.5, 0.6) is 0 Å². The van der Waals surface area contributed by atoms with Gasteiger partial charge in [-0.25, -0.2) is 0 Å². The summed E-state index contributed by atoms with van der Waals surface area (Å²) in [4.78, 5) is 0. The number of hydrogen-bond acceptors (Lipinski definition) is 1. The van der Waals surface area contributed by atoms with Crippen LogP contribution < -0.4 is 0 Å². The first-order chi connectivity index (χ1) is 7.92. The van der Waals surface area contributed by atoms with Crippen LogP contribution in [0.15, 0.2) is 65.1 Å². The zero-order valence-electron chi connectivity index (χ0n) is 8.89. The molecule has 1 heterocycles. The Morgan fingerprint density at radius 1 is 0.812 bits per heavy atom. The lowest BCUT2D eigenvalue weighted by molar-refractivity contribution is 0.563. The number of rotatable bonds is 2. The third-order valence-electron chi connectivity index (χ3n) is 2.70. The van der Waals surface area contributed by atoms with Gasteiger partial charge >= 0.3 is 0 Å². The molecule has 1 nitrogen and oxygen atoms in total. The molecule has 0 bridgehead atoms. The van der Waals surface area contributed by atoms with E-state index in [2.05, 4.69) is 36.4 Å². The van der Waals surface area contributed by atoms with Gasteiger partial charge in [0.05, 0.1) is 0 Å². The van der Waals surface area contributed by atoms with Crippen LogP contribution in [0.4, 0.5) is 0 Å². The number of furan rings is 1. The average molecular weight is 208 g/mol. The van der Waals surface area contributed by atoms with E-state index in [-0.39, 0.29) is 0 Å². The van der Waals surface area contributed by atoms with Gasteiger partial charge in [-0.15, -0.1) is 0 Å². The van der Waals surface area contributed by atoms with E-state index >= 15 is 0 Å². The van der Waals surface area contributed by atoms with E-state index in [9.17, 15) is 0 Å². The second kappa shape index (κ2) is 3.86. The summed E-state index contributed by atoms with van der Waals surface area (Å²) in [5.74, 6) is 1.02. The SMILES string of the molecule is c1ccc(Cc2cc3ccccc3o2)cc1. The minimum atomic E-state index is 0.857. The molecule has 0 amide bonds. The minimum Gasteiger partial charge on any atom is -0.461 e. The maximum absolute atomic E-state index is 5.77. The van der Waals surface area contributed by atoms with Gasteiger partial charge in [0.25, 0.3) is 0 Å². The molecule has 0 aliphatic carbocycles. The van der Waals surface area contributed by atoms with Crippen LogP contribution in [0.2, 0.25) is 0 Å². The minimum absolute atomic E-state index is 0.857. The van der Waals surface area contributed by atoms with Crippen molar-refractivity contribution in [1.82, 2.24) is 0 Å². The lowest BCUT2D eigenvalue weighted by atomic mass is 10.1. The number of fused-ring (bicyclic) bond motifs is 1. The summed E-state index contributed by atoms with van der Waals surface area (Å²) in [6, 6.07) is 20.6. The first kappa shape index (κ1) is 9.22. The predicted molar refractivity (Wildman–Crippen MR) is 65.5 cm³/mol. The molecule has 0 aliphatic heterocycles. The normalized spacial score (nSPS) is 10.8. The maximum atomic E-state index is 5.77. The largest absolute Gasteiger partial charge is 0.461 e. The van der Waals surface area contributed by atoms with Crippen molar-refractivity contribution in [1.29, 1.82) is 0 Å². The molecule has 0 spiro atoms. The monoisotopic (exact) mass is 208 g/mol. The Bertz CT molecular complexity index is 560. The first-order valence-corrected chi connectivity index (χ1v) is 5.43. The molecule has 0 N–H and O–H groups in total. The highest BCUT2D eigenvalue weighted by Gasteiger charge is 2.03. The van der Waals surface area contributed by atoms with E-state index in [4.69, 9.17) is 4.42 Å². The maximum Gasteiger partial charge on any atom is 0.134 e. The molecule has 3 rings (SSSR count). The Hall–Kier alpha value is -2.02. The first-order valence-electron chi connectivity index (χ1n) is 5.43. The lowest BCUT2D eigenvalue weighted by Gasteiger charge is -1.96. The highest BCUT2D eigenvalue weighted by Crippen LogP contribution is 2.20. The van der Waals surface area contributed by atoms with E-state index in [1.54, 1.807) is 0 Å². The van der Waals surface area contributed by atoms with Gasteiger partial charge in [-0.1, -0.05) is 48.5 Å². The number of hydrogen-bond donors (Lipinski definition) is 0. The highest BCUT2D eigenvalue weighted by molar-refractivity contribution is 5.77. The van der Waals surface area contributed by atoms with Gasteiger partial charge in [-0.2, -0.15) is 0 Å². The number of para-hydroxylation sites is 1. The van der Waals surface area contributed by atoms with E-state index in [1.165, 1.54) is 10.9 Å². The van der Waals surface area contributed by atoms with Crippen molar-refractivity contribution in [2.75, 3.05) is 0 Å². The fraction of sp³-hybridized carbons (Fsp3) is 0.0667. The van der Waals surface area contributed by atoms with Gasteiger partial charge in [-0.05, 0) is 17.7 Å². The van der Waals surface area contributed by atoms with Crippen LogP contribution in [-0.4, -0.2) is 0 Å². The summed E-state index contributed by atoms with van der Waals surface area (Å²) in [6.45, 7) is 0. The lowest BCUT2D eigenvalue weighted by Crippen LogP contribution is -1.83. The molecule has 16 heavy (non-hydrogen) atoms. The van der Waals surface area contributed by atoms with Gasteiger partial charge in [0.15, 0.2) is 0 Å². The Kier molecular flexibility index (Phi) is 2.22. The third-order valence-corrected chi connectivity index (χ3v) is 2.70. The van der Waals surface area contributed by atoms with Crippen LogP contribution in [0, 0.1) is 0 Å². The van der Waals surface area contributed by atoms with Gasteiger partial charge in [0, 0.05) is 11.8 Å². The molecule has 0 unspecified atom stereocenters. The van der Waals surface area contributed by atoms with Crippen molar-refractivity contribution in [2.24, 2.45) is 0 Å². The van der Waals surface area contributed by atoms with E-state index in [1.807, 2.05) is 24.3 Å². The standard InChI is InChI=1S/C15H12O/c1-2-6-12(7-3-1)10-14-11-13-8-4-5-9-15(13)16-14/h1-9,11H,10H2. The second-order valence-corrected chi connectivity index (χ2v) is 3.91. The van der Waals surface area contributed by atoms with E-state index in [0.717, 1.165) is 17.8 Å². The highest BCUT2D eigenvalue weighted by atomic mass is 16.3. The molecule has 3 aromatic rings. The summed E-state index contributed by atoms with van der Waals surface area (Å²) >= 11 is 0. The van der Waals surface area contributed by atoms with Crippen LogP contribution in [-0.2, 0) is 6.42 Å². The molecule has 0 saturated heterocycles. The molecule has 0 saturated carbocycles. The van der Waals surface area contributed by atoms with E-state index in [0.29, 0.717) is 0 Å². The molecule has 0 radical (unpaired) electrons. The van der Waals surface area contributed by atoms with Crippen molar-refractivity contribution in [2.45, 2.75) is 6.42 Å². The molecule has 78 valence electrons. The third kappa shape index (κ3) is 1.72. The molecular weight excluding hydrogens is 196 g/mol. The zero-order chi connectivity index (χ0) is 10.8. The second-order valence-electron chi connectivity index (χ2n) is 3.91. The average Bonchev–Trinajstić information content (AvgIpc) is 2.72. The zero-order valence-corrected chi connectivity index (χ0v) is 8.89. The summed E-state index contributed by atoms with van der Waals surface area (Å²) in [5.41, 5.74) is 2.25. The quantitative estimate of drug-likeness (QED) is 0.619. The molecule has 1 aromatic heterocycles. The summed E-state index contributed by atoms with van der Waals surface area (Å²) in [7, 11) is 0. The fourth-order valence-corrected chi connectivity index (χ4v) is 1.92. The Balaban J connectivity index is 1.95. The molecule has 0 fully saturated rings. The van der Waals surface area contributed by atoms with Crippen LogP contribution in [0.3, 0.4) is 0 Å². The van der Waals surface area contributed by atoms with Crippen molar-refractivity contribution in [3.8, 4) is 0 Å². The molecule has 0 aliphatic rings. The smallest absolute Gasteiger partial charge is 0.134 e. The van der Waals surface area contributed by atoms with Crippen LogP contribution in [0.1, 0.15) is 11.3 Å². The summed E-state index contributed by atoms with van der Waals surface area (Å²) in [6.07, 6.45) is 0.857. The van der Waals surface area contributed by atoms with Crippen LogP contribution >= 0.6 is 0 Å².